The van der Waals surface area contributed by atoms with Gasteiger partial charge in [0.05, 0.1) is 6.61 Å². The number of hydrogen-bond acceptors (Lipinski definition) is 2. The van der Waals surface area contributed by atoms with Gasteiger partial charge in [0.1, 0.15) is 0 Å². The van der Waals surface area contributed by atoms with Gasteiger partial charge in [-0.1, -0.05) is 116 Å². The van der Waals surface area contributed by atoms with Crippen LogP contribution in [0, 0.1) is 0 Å². The lowest BCUT2D eigenvalue weighted by atomic mass is 10.0. The first-order valence-corrected chi connectivity index (χ1v) is 12.5. The number of halogens is 2. The van der Waals surface area contributed by atoms with Gasteiger partial charge in [-0.25, -0.2) is 0 Å². The van der Waals surface area contributed by atoms with E-state index >= 15 is 0 Å². The Bertz CT molecular complexity index is 285. The zero-order valence-corrected chi connectivity index (χ0v) is 20.1. The maximum atomic E-state index is 11.2. The highest BCUT2D eigenvalue weighted by Crippen LogP contribution is 2.26. The molecule has 2 nitrogen and oxygen atoms in total. The summed E-state index contributed by atoms with van der Waals surface area (Å²) in [6, 6.07) is 0. The molecule has 0 saturated heterocycles. The molecule has 0 aromatic rings. The molecule has 0 bridgehead atoms. The minimum atomic E-state index is -0.0349. The first-order chi connectivity index (χ1) is 11.6. The molecule has 0 aromatic carbocycles. The molecule has 0 aromatic heterocycles. The van der Waals surface area contributed by atoms with Crippen LogP contribution in [0.4, 0.5) is 0 Å². The summed E-state index contributed by atoms with van der Waals surface area (Å²) in [5, 5.41) is 0. The second-order valence-corrected chi connectivity index (χ2v) is 9.90. The number of ether oxygens (including phenoxy) is 1. The Kier molecular flexibility index (Phi) is 19.4. The highest BCUT2D eigenvalue weighted by molar-refractivity contribution is 14.1. The molecule has 144 valence electrons. The Labute approximate surface area is 177 Å². The van der Waals surface area contributed by atoms with Crippen molar-refractivity contribution in [2.45, 2.75) is 112 Å². The van der Waals surface area contributed by atoms with Crippen LogP contribution in [-0.4, -0.2) is 20.4 Å². The third-order valence-electron chi connectivity index (χ3n) is 4.39. The maximum Gasteiger partial charge on any atom is 0.305 e. The molecule has 0 aliphatic rings. The number of carbonyl (C=O) groups excluding carboxylic acids is 1. The van der Waals surface area contributed by atoms with Crippen LogP contribution in [0.25, 0.3) is 0 Å². The summed E-state index contributed by atoms with van der Waals surface area (Å²) in [7, 11) is 0. The van der Waals surface area contributed by atoms with Gasteiger partial charge in [0, 0.05) is 14.3 Å². The van der Waals surface area contributed by atoms with Gasteiger partial charge in [-0.2, -0.15) is 0 Å². The second kappa shape index (κ2) is 18.7. The largest absolute Gasteiger partial charge is 0.466 e. The predicted octanol–water partition coefficient (Wildman–Crippen LogP) is 7.64. The molecule has 0 fully saturated rings. The van der Waals surface area contributed by atoms with Gasteiger partial charge < -0.3 is 4.74 Å². The van der Waals surface area contributed by atoms with E-state index in [2.05, 4.69) is 52.1 Å². The van der Waals surface area contributed by atoms with Crippen LogP contribution in [0.2, 0.25) is 0 Å². The van der Waals surface area contributed by atoms with Gasteiger partial charge in [-0.05, 0) is 26.2 Å². The lowest BCUT2D eigenvalue weighted by Gasteiger charge is -2.16. The van der Waals surface area contributed by atoms with Crippen molar-refractivity contribution >= 4 is 51.2 Å². The van der Waals surface area contributed by atoms with Crippen molar-refractivity contribution in [1.82, 2.24) is 0 Å². The van der Waals surface area contributed by atoms with Gasteiger partial charge in [0.15, 0.2) is 0 Å². The van der Waals surface area contributed by atoms with Gasteiger partial charge in [0.25, 0.3) is 0 Å². The van der Waals surface area contributed by atoms with E-state index in [4.69, 9.17) is 4.74 Å². The van der Waals surface area contributed by atoms with E-state index < -0.39 is 0 Å². The normalized spacial score (nSPS) is 13.7. The molecule has 0 heterocycles. The van der Waals surface area contributed by atoms with Crippen LogP contribution >= 0.6 is 45.2 Å². The number of unbranched alkanes of at least 4 members (excludes halogenated alkanes) is 9. The smallest absolute Gasteiger partial charge is 0.305 e. The van der Waals surface area contributed by atoms with E-state index in [0.29, 0.717) is 13.0 Å². The topological polar surface area (TPSA) is 26.3 Å². The molecule has 0 rings (SSSR count). The molecule has 0 amide bonds. The van der Waals surface area contributed by atoms with Gasteiger partial charge in [-0.3, -0.25) is 4.79 Å². The lowest BCUT2D eigenvalue weighted by Crippen LogP contribution is -2.13. The van der Waals surface area contributed by atoms with E-state index in [-0.39, 0.29) is 5.97 Å². The minimum Gasteiger partial charge on any atom is -0.466 e. The summed E-state index contributed by atoms with van der Waals surface area (Å²) >= 11 is 5.33. The fourth-order valence-corrected chi connectivity index (χ4v) is 4.45. The molecule has 24 heavy (non-hydrogen) atoms. The van der Waals surface area contributed by atoms with E-state index in [1.807, 2.05) is 6.92 Å². The summed E-state index contributed by atoms with van der Waals surface area (Å²) in [4.78, 5) is 11.2. The fraction of sp³-hybridized carbons (Fsp3) is 0.950. The van der Waals surface area contributed by atoms with Crippen LogP contribution in [0.15, 0.2) is 0 Å². The number of hydrogen-bond donors (Lipinski definition) is 0. The number of esters is 1. The van der Waals surface area contributed by atoms with Crippen LogP contribution in [0.3, 0.4) is 0 Å². The van der Waals surface area contributed by atoms with Gasteiger partial charge in [0.2, 0.25) is 0 Å². The fourth-order valence-electron chi connectivity index (χ4n) is 2.85. The van der Waals surface area contributed by atoms with Crippen molar-refractivity contribution in [3.8, 4) is 0 Å². The highest BCUT2D eigenvalue weighted by Gasteiger charge is 2.14. The lowest BCUT2D eigenvalue weighted by molar-refractivity contribution is -0.143. The van der Waals surface area contributed by atoms with E-state index in [0.717, 1.165) is 20.7 Å². The zero-order chi connectivity index (χ0) is 18.0. The Morgan fingerprint density at radius 3 is 1.71 bits per heavy atom. The van der Waals surface area contributed by atoms with E-state index in [1.165, 1.54) is 70.6 Å². The SMILES string of the molecule is CCCCCCCC[C@@H](I)[C@H](I)CCCCCCCC(=O)OCC. The van der Waals surface area contributed by atoms with E-state index in [9.17, 15) is 4.79 Å². The van der Waals surface area contributed by atoms with Crippen molar-refractivity contribution in [1.29, 1.82) is 0 Å². The third kappa shape index (κ3) is 16.4. The first-order valence-electron chi connectivity index (χ1n) is 10.1. The molecule has 2 atom stereocenters. The van der Waals surface area contributed by atoms with Crippen LogP contribution in [0.1, 0.15) is 104 Å². The monoisotopic (exact) mass is 564 g/mol. The van der Waals surface area contributed by atoms with E-state index in [1.54, 1.807) is 0 Å². The van der Waals surface area contributed by atoms with Crippen LogP contribution in [-0.2, 0) is 9.53 Å². The summed E-state index contributed by atoms with van der Waals surface area (Å²) in [5.74, 6) is -0.0349. The molecular weight excluding hydrogens is 526 g/mol. The third-order valence-corrected chi connectivity index (χ3v) is 8.75. The molecule has 0 unspecified atom stereocenters. The Balaban J connectivity index is 3.41. The van der Waals surface area contributed by atoms with Crippen molar-refractivity contribution in [3.63, 3.8) is 0 Å². The molecular formula is C20H38I2O2. The quantitative estimate of drug-likeness (QED) is 0.0786. The predicted molar refractivity (Wildman–Crippen MR) is 123 cm³/mol. The molecule has 0 aliphatic heterocycles. The summed E-state index contributed by atoms with van der Waals surface area (Å²) in [6.45, 7) is 4.65. The first kappa shape index (κ1) is 24.9. The Hall–Kier alpha value is 0.930. The van der Waals surface area contributed by atoms with Crippen molar-refractivity contribution in [3.05, 3.63) is 0 Å². The number of rotatable bonds is 17. The number of carbonyl (C=O) groups is 1. The van der Waals surface area contributed by atoms with Crippen LogP contribution in [0.5, 0.6) is 0 Å². The molecule has 0 aliphatic carbocycles. The Morgan fingerprint density at radius 2 is 1.21 bits per heavy atom. The molecule has 0 radical (unpaired) electrons. The molecule has 0 spiro atoms. The Morgan fingerprint density at radius 1 is 0.750 bits per heavy atom. The van der Waals surface area contributed by atoms with Crippen molar-refractivity contribution in [2.75, 3.05) is 6.61 Å². The average molecular weight is 564 g/mol. The van der Waals surface area contributed by atoms with Crippen molar-refractivity contribution < 1.29 is 9.53 Å². The maximum absolute atomic E-state index is 11.2. The van der Waals surface area contributed by atoms with Gasteiger partial charge in [-0.15, -0.1) is 0 Å². The molecule has 4 heteroatoms. The highest BCUT2D eigenvalue weighted by atomic mass is 127. The average Bonchev–Trinajstić information content (AvgIpc) is 2.56. The summed E-state index contributed by atoms with van der Waals surface area (Å²) < 4.78 is 6.60. The minimum absolute atomic E-state index is 0.0349. The molecule has 0 saturated carbocycles. The zero-order valence-electron chi connectivity index (χ0n) is 15.8. The summed E-state index contributed by atoms with van der Waals surface area (Å²) in [5.41, 5.74) is 0. The summed E-state index contributed by atoms with van der Waals surface area (Å²) in [6.07, 6.45) is 17.8. The van der Waals surface area contributed by atoms with Crippen LogP contribution < -0.4 is 0 Å². The van der Waals surface area contributed by atoms with Gasteiger partial charge >= 0.3 is 5.97 Å². The van der Waals surface area contributed by atoms with Crippen molar-refractivity contribution in [2.24, 2.45) is 0 Å². The molecule has 0 N–H and O–H groups in total. The second-order valence-electron chi connectivity index (χ2n) is 6.70. The number of alkyl halides is 2. The standard InChI is InChI=1S/C20H38I2O2/c1-3-5-6-7-9-12-15-18(21)19(22)16-13-10-8-11-14-17-20(23)24-4-2/h18-19H,3-17H2,1-2H3/t18-,19-/m1/s1.